The van der Waals surface area contributed by atoms with Gasteiger partial charge in [0.05, 0.1) is 17.6 Å². The Balaban J connectivity index is 1.53. The van der Waals surface area contributed by atoms with Gasteiger partial charge in [-0.15, -0.1) is 0 Å². The molecule has 7 heteroatoms. The topological polar surface area (TPSA) is 81.8 Å². The van der Waals surface area contributed by atoms with Crippen molar-refractivity contribution in [3.63, 3.8) is 0 Å². The molecular formula is C25H25N5O2. The lowest BCUT2D eigenvalue weighted by Crippen LogP contribution is -2.31. The highest BCUT2D eigenvalue weighted by Crippen LogP contribution is 2.41. The fourth-order valence-electron chi connectivity index (χ4n) is 4.00. The van der Waals surface area contributed by atoms with Crippen molar-refractivity contribution >= 4 is 22.5 Å². The predicted octanol–water partition coefficient (Wildman–Crippen LogP) is 3.97. The number of para-hydroxylation sites is 1. The SMILES string of the molecule is CCc1ccc(NC(=O)Cn2nc(C3CC3)c3cnn(-c4ccccc4C)c3c2=O)cc1. The van der Waals surface area contributed by atoms with Crippen molar-refractivity contribution in [2.75, 3.05) is 5.32 Å². The molecule has 4 aromatic rings. The molecule has 0 aliphatic heterocycles. The first-order valence-corrected chi connectivity index (χ1v) is 11.0. The number of aryl methyl sites for hydroxylation is 2. The van der Waals surface area contributed by atoms with Gasteiger partial charge in [-0.3, -0.25) is 9.59 Å². The molecule has 2 aromatic heterocycles. The third-order valence-corrected chi connectivity index (χ3v) is 5.96. The second-order valence-corrected chi connectivity index (χ2v) is 8.33. The van der Waals surface area contributed by atoms with Crippen molar-refractivity contribution in [1.82, 2.24) is 19.6 Å². The first-order valence-electron chi connectivity index (χ1n) is 11.0. The number of fused-ring (bicyclic) bond motifs is 1. The molecule has 0 unspecified atom stereocenters. The Morgan fingerprint density at radius 3 is 2.56 bits per heavy atom. The zero-order valence-electron chi connectivity index (χ0n) is 18.2. The van der Waals surface area contributed by atoms with Gasteiger partial charge in [-0.05, 0) is 55.5 Å². The normalized spacial score (nSPS) is 13.4. The van der Waals surface area contributed by atoms with E-state index < -0.39 is 0 Å². The molecular weight excluding hydrogens is 402 g/mol. The van der Waals surface area contributed by atoms with Gasteiger partial charge in [-0.25, -0.2) is 9.36 Å². The Morgan fingerprint density at radius 1 is 1.12 bits per heavy atom. The van der Waals surface area contributed by atoms with Crippen molar-refractivity contribution < 1.29 is 4.79 Å². The average Bonchev–Trinajstić information content (AvgIpc) is 3.55. The highest BCUT2D eigenvalue weighted by molar-refractivity contribution is 5.91. The van der Waals surface area contributed by atoms with E-state index in [0.717, 1.165) is 41.6 Å². The zero-order valence-corrected chi connectivity index (χ0v) is 18.2. The van der Waals surface area contributed by atoms with Gasteiger partial charge in [0.1, 0.15) is 12.1 Å². The standard InChI is InChI=1S/C25H25N5O2/c1-3-17-8-12-19(13-9-17)27-22(31)15-29-25(32)24-20(23(28-29)18-10-11-18)14-26-30(24)21-7-5-4-6-16(21)2/h4-9,12-14,18H,3,10-11,15H2,1-2H3,(H,27,31). The highest BCUT2D eigenvalue weighted by atomic mass is 16.2. The van der Waals surface area contributed by atoms with Crippen LogP contribution in [0.5, 0.6) is 0 Å². The Morgan fingerprint density at radius 2 is 1.88 bits per heavy atom. The minimum Gasteiger partial charge on any atom is -0.324 e. The van der Waals surface area contributed by atoms with Gasteiger partial charge in [0, 0.05) is 17.0 Å². The van der Waals surface area contributed by atoms with E-state index in [-0.39, 0.29) is 18.0 Å². The van der Waals surface area contributed by atoms with E-state index in [2.05, 4.69) is 22.4 Å². The number of benzene rings is 2. The van der Waals surface area contributed by atoms with E-state index in [1.807, 2.05) is 55.5 Å². The number of hydrogen-bond donors (Lipinski definition) is 1. The zero-order chi connectivity index (χ0) is 22.2. The maximum atomic E-state index is 13.4. The molecule has 0 spiro atoms. The largest absolute Gasteiger partial charge is 0.324 e. The third kappa shape index (κ3) is 3.70. The van der Waals surface area contributed by atoms with Gasteiger partial charge in [-0.2, -0.15) is 10.2 Å². The molecule has 1 aliphatic carbocycles. The van der Waals surface area contributed by atoms with Gasteiger partial charge in [-0.1, -0.05) is 37.3 Å². The average molecular weight is 428 g/mol. The molecule has 1 aliphatic rings. The Hall–Kier alpha value is -3.74. The van der Waals surface area contributed by atoms with Gasteiger partial charge in [0.15, 0.2) is 0 Å². The summed E-state index contributed by atoms with van der Waals surface area (Å²) in [4.78, 5) is 26.2. The molecule has 0 radical (unpaired) electrons. The summed E-state index contributed by atoms with van der Waals surface area (Å²) < 4.78 is 2.96. The van der Waals surface area contributed by atoms with Crippen molar-refractivity contribution in [1.29, 1.82) is 0 Å². The molecule has 162 valence electrons. The van der Waals surface area contributed by atoms with Crippen LogP contribution in [0.4, 0.5) is 5.69 Å². The number of aromatic nitrogens is 4. The molecule has 0 atom stereocenters. The molecule has 32 heavy (non-hydrogen) atoms. The summed E-state index contributed by atoms with van der Waals surface area (Å²) in [5.74, 6) is 0.0235. The van der Waals surface area contributed by atoms with E-state index in [1.165, 1.54) is 10.2 Å². The van der Waals surface area contributed by atoms with E-state index in [9.17, 15) is 9.59 Å². The summed E-state index contributed by atoms with van der Waals surface area (Å²) in [6.07, 6.45) is 4.73. The summed E-state index contributed by atoms with van der Waals surface area (Å²) in [5, 5.41) is 12.8. The number of carbonyl (C=O) groups is 1. The lowest BCUT2D eigenvalue weighted by atomic mass is 10.1. The second-order valence-electron chi connectivity index (χ2n) is 8.33. The van der Waals surface area contributed by atoms with Crippen LogP contribution in [0.15, 0.2) is 59.5 Å². The third-order valence-electron chi connectivity index (χ3n) is 5.96. The first kappa shape index (κ1) is 20.2. The van der Waals surface area contributed by atoms with Crippen molar-refractivity contribution in [3.8, 4) is 5.69 Å². The van der Waals surface area contributed by atoms with E-state index >= 15 is 0 Å². The van der Waals surface area contributed by atoms with Crippen LogP contribution in [0.3, 0.4) is 0 Å². The van der Waals surface area contributed by atoms with Crippen molar-refractivity contribution in [3.05, 3.63) is 81.9 Å². The molecule has 1 fully saturated rings. The molecule has 1 N–H and O–H groups in total. The number of carbonyl (C=O) groups excluding carboxylic acids is 1. The quantitative estimate of drug-likeness (QED) is 0.505. The maximum absolute atomic E-state index is 13.4. The fraction of sp³-hybridized carbons (Fsp3) is 0.280. The van der Waals surface area contributed by atoms with Crippen LogP contribution >= 0.6 is 0 Å². The summed E-state index contributed by atoms with van der Waals surface area (Å²) in [5.41, 5.74) is 4.76. The van der Waals surface area contributed by atoms with E-state index in [0.29, 0.717) is 17.1 Å². The number of hydrogen-bond acceptors (Lipinski definition) is 4. The summed E-state index contributed by atoms with van der Waals surface area (Å²) in [7, 11) is 0. The number of rotatable bonds is 6. The van der Waals surface area contributed by atoms with Crippen LogP contribution < -0.4 is 10.9 Å². The van der Waals surface area contributed by atoms with Crippen LogP contribution in [0.2, 0.25) is 0 Å². The maximum Gasteiger partial charge on any atom is 0.293 e. The molecule has 0 saturated heterocycles. The minimum atomic E-state index is -0.318. The lowest BCUT2D eigenvalue weighted by Gasteiger charge is -2.11. The molecule has 5 rings (SSSR count). The molecule has 1 saturated carbocycles. The first-order chi connectivity index (χ1) is 15.5. The van der Waals surface area contributed by atoms with Crippen LogP contribution in [0.25, 0.3) is 16.6 Å². The van der Waals surface area contributed by atoms with Crippen molar-refractivity contribution in [2.24, 2.45) is 0 Å². The van der Waals surface area contributed by atoms with E-state index in [4.69, 9.17) is 0 Å². The Labute approximate surface area is 185 Å². The number of nitrogens with zero attached hydrogens (tertiary/aromatic N) is 4. The van der Waals surface area contributed by atoms with Crippen LogP contribution in [-0.4, -0.2) is 25.5 Å². The smallest absolute Gasteiger partial charge is 0.293 e. The van der Waals surface area contributed by atoms with Gasteiger partial charge >= 0.3 is 0 Å². The Bertz CT molecular complexity index is 1360. The van der Waals surface area contributed by atoms with Gasteiger partial charge in [0.25, 0.3) is 5.56 Å². The summed E-state index contributed by atoms with van der Waals surface area (Å²) in [6, 6.07) is 15.5. The number of amides is 1. The highest BCUT2D eigenvalue weighted by Gasteiger charge is 2.30. The molecule has 1 amide bonds. The molecule has 7 nitrogen and oxygen atoms in total. The van der Waals surface area contributed by atoms with Gasteiger partial charge < -0.3 is 5.32 Å². The van der Waals surface area contributed by atoms with Crippen LogP contribution in [-0.2, 0) is 17.8 Å². The van der Waals surface area contributed by atoms with E-state index in [1.54, 1.807) is 10.9 Å². The second kappa shape index (κ2) is 8.07. The lowest BCUT2D eigenvalue weighted by molar-refractivity contribution is -0.117. The summed E-state index contributed by atoms with van der Waals surface area (Å²) in [6.45, 7) is 3.92. The fourth-order valence-corrected chi connectivity index (χ4v) is 4.00. The summed E-state index contributed by atoms with van der Waals surface area (Å²) >= 11 is 0. The molecule has 2 heterocycles. The number of anilines is 1. The predicted molar refractivity (Wildman–Crippen MR) is 124 cm³/mol. The van der Waals surface area contributed by atoms with Gasteiger partial charge in [0.2, 0.25) is 5.91 Å². The molecule has 2 aromatic carbocycles. The monoisotopic (exact) mass is 427 g/mol. The molecule has 0 bridgehead atoms. The van der Waals surface area contributed by atoms with Crippen molar-refractivity contribution in [2.45, 2.75) is 45.6 Å². The van der Waals surface area contributed by atoms with Crippen LogP contribution in [0.1, 0.15) is 42.5 Å². The minimum absolute atomic E-state index is 0.150. The Kier molecular flexibility index (Phi) is 5.09. The number of nitrogens with one attached hydrogen (secondary N) is 1. The van der Waals surface area contributed by atoms with Crippen LogP contribution in [0, 0.1) is 6.92 Å².